The monoisotopic (exact) mass is 219 g/mol. The van der Waals surface area contributed by atoms with Crippen LogP contribution in [0.4, 0.5) is 5.69 Å². The van der Waals surface area contributed by atoms with Gasteiger partial charge in [0, 0.05) is 10.9 Å². The van der Waals surface area contributed by atoms with Crippen LogP contribution in [0.25, 0.3) is 11.0 Å². The van der Waals surface area contributed by atoms with Gasteiger partial charge in [-0.15, -0.1) is 6.58 Å². The number of hydrogen-bond acceptors (Lipinski definition) is 3. The number of thioether (sulfide) groups is 1. The summed E-state index contributed by atoms with van der Waals surface area (Å²) >= 11 is 1.65. The fraction of sp³-hybridized carbons (Fsp3) is 0.182. The summed E-state index contributed by atoms with van der Waals surface area (Å²) < 4.78 is 0. The van der Waals surface area contributed by atoms with Crippen LogP contribution in [0.2, 0.25) is 0 Å². The van der Waals surface area contributed by atoms with Crippen molar-refractivity contribution in [2.24, 2.45) is 0 Å². The number of imidazole rings is 1. The molecule has 0 aliphatic heterocycles. The Hall–Kier alpha value is -1.42. The summed E-state index contributed by atoms with van der Waals surface area (Å²) in [6, 6.07) is 5.67. The molecule has 0 aliphatic carbocycles. The van der Waals surface area contributed by atoms with E-state index in [2.05, 4.69) is 23.5 Å². The van der Waals surface area contributed by atoms with Crippen LogP contribution in [0.5, 0.6) is 0 Å². The summed E-state index contributed by atoms with van der Waals surface area (Å²) in [6.07, 6.45) is 1.90. The molecule has 0 aliphatic rings. The van der Waals surface area contributed by atoms with E-state index in [0.717, 1.165) is 21.9 Å². The van der Waals surface area contributed by atoms with Crippen LogP contribution in [-0.4, -0.2) is 15.2 Å². The number of nitrogens with zero attached hydrogens (tertiary/aromatic N) is 1. The third-order valence-corrected chi connectivity index (χ3v) is 3.09. The molecule has 2 aromatic rings. The smallest absolute Gasteiger partial charge is 0.166 e. The first-order valence-corrected chi connectivity index (χ1v) is 5.61. The molecular weight excluding hydrogens is 206 g/mol. The van der Waals surface area contributed by atoms with E-state index in [9.17, 15) is 0 Å². The van der Waals surface area contributed by atoms with Crippen molar-refractivity contribution in [2.75, 3.05) is 5.73 Å². The Balaban J connectivity index is 2.34. The first-order valence-electron chi connectivity index (χ1n) is 4.73. The number of hydrogen-bond donors (Lipinski definition) is 2. The SMILES string of the molecule is C=CC(C)Sc1nc2ccc(N)cc2[nH]1. The zero-order chi connectivity index (χ0) is 10.8. The Kier molecular flexibility index (Phi) is 2.68. The lowest BCUT2D eigenvalue weighted by atomic mass is 10.3. The standard InChI is InChI=1S/C11H13N3S/c1-3-7(2)15-11-13-9-5-4-8(12)6-10(9)14-11/h3-7H,1,12H2,2H3,(H,13,14). The number of H-pyrrole nitrogens is 1. The number of nitrogens with two attached hydrogens (primary N) is 1. The zero-order valence-corrected chi connectivity index (χ0v) is 9.34. The van der Waals surface area contributed by atoms with Crippen molar-refractivity contribution in [3.05, 3.63) is 30.9 Å². The Labute approximate surface area is 92.8 Å². The fourth-order valence-corrected chi connectivity index (χ4v) is 2.05. The molecular formula is C11H13N3S. The van der Waals surface area contributed by atoms with Gasteiger partial charge in [0.2, 0.25) is 0 Å². The minimum atomic E-state index is 0.350. The number of fused-ring (bicyclic) bond motifs is 1. The number of nitrogens with one attached hydrogen (secondary N) is 1. The molecule has 15 heavy (non-hydrogen) atoms. The highest BCUT2D eigenvalue weighted by atomic mass is 32.2. The van der Waals surface area contributed by atoms with Crippen LogP contribution in [0.1, 0.15) is 6.92 Å². The Morgan fingerprint density at radius 1 is 1.60 bits per heavy atom. The molecule has 1 aromatic carbocycles. The Bertz CT molecular complexity index is 490. The molecule has 1 heterocycles. The van der Waals surface area contributed by atoms with Crippen LogP contribution >= 0.6 is 11.8 Å². The van der Waals surface area contributed by atoms with Crippen LogP contribution < -0.4 is 5.73 Å². The number of aromatic amines is 1. The van der Waals surface area contributed by atoms with Crippen molar-refractivity contribution < 1.29 is 0 Å². The van der Waals surface area contributed by atoms with E-state index in [1.54, 1.807) is 11.8 Å². The zero-order valence-electron chi connectivity index (χ0n) is 8.53. The van der Waals surface area contributed by atoms with Gasteiger partial charge in [-0.25, -0.2) is 4.98 Å². The lowest BCUT2D eigenvalue weighted by molar-refractivity contribution is 1.07. The van der Waals surface area contributed by atoms with Gasteiger partial charge in [-0.1, -0.05) is 17.8 Å². The first-order chi connectivity index (χ1) is 7.19. The third kappa shape index (κ3) is 2.15. The minimum absolute atomic E-state index is 0.350. The van der Waals surface area contributed by atoms with Gasteiger partial charge in [0.1, 0.15) is 0 Å². The average Bonchev–Trinajstić information content (AvgIpc) is 2.59. The van der Waals surface area contributed by atoms with E-state index >= 15 is 0 Å². The largest absolute Gasteiger partial charge is 0.399 e. The van der Waals surface area contributed by atoms with Gasteiger partial charge in [0.25, 0.3) is 0 Å². The molecule has 78 valence electrons. The Morgan fingerprint density at radius 3 is 3.13 bits per heavy atom. The maximum Gasteiger partial charge on any atom is 0.166 e. The molecule has 0 bridgehead atoms. The van der Waals surface area contributed by atoms with Crippen molar-refractivity contribution in [1.29, 1.82) is 0 Å². The number of aromatic nitrogens is 2. The quantitative estimate of drug-likeness (QED) is 0.474. The van der Waals surface area contributed by atoms with E-state index in [0.29, 0.717) is 5.25 Å². The van der Waals surface area contributed by atoms with Gasteiger partial charge >= 0.3 is 0 Å². The highest BCUT2D eigenvalue weighted by molar-refractivity contribution is 7.99. The second kappa shape index (κ2) is 3.98. The van der Waals surface area contributed by atoms with Crippen LogP contribution in [0.15, 0.2) is 36.0 Å². The van der Waals surface area contributed by atoms with Gasteiger partial charge in [-0.2, -0.15) is 0 Å². The average molecular weight is 219 g/mol. The first kappa shape index (κ1) is 10.1. The van der Waals surface area contributed by atoms with Gasteiger partial charge in [-0.05, 0) is 25.1 Å². The van der Waals surface area contributed by atoms with E-state index in [-0.39, 0.29) is 0 Å². The van der Waals surface area contributed by atoms with Gasteiger partial charge in [0.15, 0.2) is 5.16 Å². The fourth-order valence-electron chi connectivity index (χ4n) is 1.28. The summed E-state index contributed by atoms with van der Waals surface area (Å²) in [5, 5.41) is 1.26. The van der Waals surface area contributed by atoms with Gasteiger partial charge in [0.05, 0.1) is 11.0 Å². The van der Waals surface area contributed by atoms with E-state index in [4.69, 9.17) is 5.73 Å². The lowest BCUT2D eigenvalue weighted by Gasteiger charge is -1.99. The maximum atomic E-state index is 5.69. The molecule has 0 amide bonds. The van der Waals surface area contributed by atoms with Crippen molar-refractivity contribution >= 4 is 28.5 Å². The highest BCUT2D eigenvalue weighted by Crippen LogP contribution is 2.24. The molecule has 0 saturated carbocycles. The van der Waals surface area contributed by atoms with E-state index < -0.39 is 0 Å². The molecule has 0 spiro atoms. The van der Waals surface area contributed by atoms with Gasteiger partial charge < -0.3 is 10.7 Å². The van der Waals surface area contributed by atoms with Crippen LogP contribution in [-0.2, 0) is 0 Å². The predicted molar refractivity (Wildman–Crippen MR) is 66.0 cm³/mol. The summed E-state index contributed by atoms with van der Waals surface area (Å²) in [4.78, 5) is 7.67. The molecule has 1 unspecified atom stereocenters. The number of anilines is 1. The number of rotatable bonds is 3. The number of nitrogen functional groups attached to an aromatic ring is 1. The molecule has 0 radical (unpaired) electrons. The molecule has 2 rings (SSSR count). The minimum Gasteiger partial charge on any atom is -0.399 e. The van der Waals surface area contributed by atoms with E-state index in [1.165, 1.54) is 0 Å². The normalized spacial score (nSPS) is 12.9. The summed E-state index contributed by atoms with van der Waals surface area (Å²) in [5.41, 5.74) is 8.37. The van der Waals surface area contributed by atoms with Gasteiger partial charge in [-0.3, -0.25) is 0 Å². The second-order valence-corrected chi connectivity index (χ2v) is 4.74. The molecule has 0 saturated heterocycles. The third-order valence-electron chi connectivity index (χ3n) is 2.11. The van der Waals surface area contributed by atoms with Crippen molar-refractivity contribution in [1.82, 2.24) is 9.97 Å². The summed E-state index contributed by atoms with van der Waals surface area (Å²) in [5.74, 6) is 0. The van der Waals surface area contributed by atoms with Crippen molar-refractivity contribution in [3.8, 4) is 0 Å². The highest BCUT2D eigenvalue weighted by Gasteiger charge is 2.05. The molecule has 0 fully saturated rings. The summed E-state index contributed by atoms with van der Waals surface area (Å²) in [7, 11) is 0. The summed E-state index contributed by atoms with van der Waals surface area (Å²) in [6.45, 7) is 5.82. The van der Waals surface area contributed by atoms with Crippen LogP contribution in [0.3, 0.4) is 0 Å². The molecule has 1 aromatic heterocycles. The molecule has 3 N–H and O–H groups in total. The van der Waals surface area contributed by atoms with Crippen molar-refractivity contribution in [3.63, 3.8) is 0 Å². The topological polar surface area (TPSA) is 54.7 Å². The molecule has 1 atom stereocenters. The van der Waals surface area contributed by atoms with E-state index in [1.807, 2.05) is 24.3 Å². The van der Waals surface area contributed by atoms with Crippen molar-refractivity contribution in [2.45, 2.75) is 17.3 Å². The molecule has 3 nitrogen and oxygen atoms in total. The van der Waals surface area contributed by atoms with Crippen LogP contribution in [0, 0.1) is 0 Å². The maximum absolute atomic E-state index is 5.69. The second-order valence-electron chi connectivity index (χ2n) is 3.38. The molecule has 4 heteroatoms. The lowest BCUT2D eigenvalue weighted by Crippen LogP contribution is -1.88. The predicted octanol–water partition coefficient (Wildman–Crippen LogP) is 2.81. The number of benzene rings is 1. The Morgan fingerprint density at radius 2 is 2.40 bits per heavy atom.